The Balaban J connectivity index is 2.66. The Morgan fingerprint density at radius 3 is 2.93 bits per heavy atom. The zero-order valence-corrected chi connectivity index (χ0v) is 9.84. The third-order valence-corrected chi connectivity index (χ3v) is 2.83. The normalized spacial score (nSPS) is 11.1. The maximum absolute atomic E-state index is 5.16. The Labute approximate surface area is 91.6 Å². The summed E-state index contributed by atoms with van der Waals surface area (Å²) < 4.78 is 8.39. The van der Waals surface area contributed by atoms with Gasteiger partial charge in [0.1, 0.15) is 0 Å². The first-order valence-corrected chi connectivity index (χ1v) is 5.24. The summed E-state index contributed by atoms with van der Waals surface area (Å²) in [6, 6.07) is 6.29. The second kappa shape index (κ2) is 3.75. The first kappa shape index (κ1) is 9.74. The van der Waals surface area contributed by atoms with Crippen LogP contribution >= 0.6 is 15.9 Å². The van der Waals surface area contributed by atoms with E-state index >= 15 is 0 Å². The van der Waals surface area contributed by atoms with E-state index in [1.54, 1.807) is 7.11 Å². The van der Waals surface area contributed by atoms with Crippen LogP contribution in [-0.2, 0) is 18.4 Å². The maximum atomic E-state index is 5.16. The molecule has 74 valence electrons. The molecular formula is C11H12BrNO. The van der Waals surface area contributed by atoms with Crippen molar-refractivity contribution < 1.29 is 4.74 Å². The molecule has 0 aliphatic rings. The minimum Gasteiger partial charge on any atom is -0.380 e. The van der Waals surface area contributed by atoms with Gasteiger partial charge in [-0.15, -0.1) is 0 Å². The molecule has 0 saturated carbocycles. The van der Waals surface area contributed by atoms with E-state index in [0.717, 1.165) is 4.47 Å². The van der Waals surface area contributed by atoms with Crippen LogP contribution in [0.4, 0.5) is 0 Å². The van der Waals surface area contributed by atoms with Crippen molar-refractivity contribution in [3.05, 3.63) is 34.4 Å². The second-order valence-corrected chi connectivity index (χ2v) is 4.28. The van der Waals surface area contributed by atoms with E-state index in [1.807, 2.05) is 0 Å². The van der Waals surface area contributed by atoms with E-state index in [4.69, 9.17) is 4.74 Å². The maximum Gasteiger partial charge on any atom is 0.0733 e. The summed E-state index contributed by atoms with van der Waals surface area (Å²) in [5, 5.41) is 1.25. The quantitative estimate of drug-likeness (QED) is 0.803. The summed E-state index contributed by atoms with van der Waals surface area (Å²) >= 11 is 3.48. The van der Waals surface area contributed by atoms with Crippen molar-refractivity contribution in [1.29, 1.82) is 0 Å². The molecular weight excluding hydrogens is 242 g/mol. The van der Waals surface area contributed by atoms with Crippen LogP contribution in [0.15, 0.2) is 28.9 Å². The number of halogens is 1. The number of rotatable bonds is 2. The minimum absolute atomic E-state index is 0.661. The molecule has 0 fully saturated rings. The number of hydrogen-bond acceptors (Lipinski definition) is 1. The molecule has 0 amide bonds. The predicted molar refractivity (Wildman–Crippen MR) is 61.3 cm³/mol. The largest absolute Gasteiger partial charge is 0.380 e. The van der Waals surface area contributed by atoms with Crippen LogP contribution in [0.3, 0.4) is 0 Å². The van der Waals surface area contributed by atoms with Crippen molar-refractivity contribution >= 4 is 26.8 Å². The van der Waals surface area contributed by atoms with Crippen molar-refractivity contribution in [2.45, 2.75) is 6.61 Å². The fourth-order valence-electron chi connectivity index (χ4n) is 1.72. The standard InChI is InChI=1S/C11H12BrNO/c1-13-6-8(7-14-2)10-5-9(12)3-4-11(10)13/h3-6H,7H2,1-2H3. The topological polar surface area (TPSA) is 14.2 Å². The zero-order valence-electron chi connectivity index (χ0n) is 8.25. The molecule has 1 heterocycles. The van der Waals surface area contributed by atoms with E-state index in [1.165, 1.54) is 16.5 Å². The fraction of sp³-hybridized carbons (Fsp3) is 0.273. The number of ether oxygens (including phenoxy) is 1. The number of aromatic nitrogens is 1. The zero-order chi connectivity index (χ0) is 10.1. The van der Waals surface area contributed by atoms with E-state index < -0.39 is 0 Å². The lowest BCUT2D eigenvalue weighted by Crippen LogP contribution is -1.84. The second-order valence-electron chi connectivity index (χ2n) is 3.36. The fourth-order valence-corrected chi connectivity index (χ4v) is 2.08. The van der Waals surface area contributed by atoms with E-state index in [-0.39, 0.29) is 0 Å². The molecule has 3 heteroatoms. The Morgan fingerprint density at radius 1 is 1.43 bits per heavy atom. The van der Waals surface area contributed by atoms with Crippen molar-refractivity contribution in [1.82, 2.24) is 4.57 Å². The van der Waals surface area contributed by atoms with Gasteiger partial charge < -0.3 is 9.30 Å². The number of methoxy groups -OCH3 is 1. The molecule has 2 nitrogen and oxygen atoms in total. The summed E-state index contributed by atoms with van der Waals surface area (Å²) in [6.45, 7) is 0.661. The Hall–Kier alpha value is -0.800. The Kier molecular flexibility index (Phi) is 2.61. The van der Waals surface area contributed by atoms with Crippen LogP contribution in [0.2, 0.25) is 0 Å². The van der Waals surface area contributed by atoms with Crippen LogP contribution in [0.25, 0.3) is 10.9 Å². The Bertz CT molecular complexity index is 462. The van der Waals surface area contributed by atoms with Gasteiger partial charge >= 0.3 is 0 Å². The SMILES string of the molecule is COCc1cn(C)c2ccc(Br)cc12. The molecule has 0 radical (unpaired) electrons. The highest BCUT2D eigenvalue weighted by molar-refractivity contribution is 9.10. The van der Waals surface area contributed by atoms with Crippen LogP contribution in [0.5, 0.6) is 0 Å². The van der Waals surface area contributed by atoms with Gasteiger partial charge in [0.05, 0.1) is 6.61 Å². The molecule has 0 bridgehead atoms. The molecule has 0 N–H and O–H groups in total. The molecule has 1 aromatic heterocycles. The molecule has 0 saturated heterocycles. The van der Waals surface area contributed by atoms with Crippen molar-refractivity contribution in [3.63, 3.8) is 0 Å². The van der Waals surface area contributed by atoms with Gasteiger partial charge in [-0.05, 0) is 18.2 Å². The van der Waals surface area contributed by atoms with Crippen LogP contribution in [-0.4, -0.2) is 11.7 Å². The minimum atomic E-state index is 0.661. The molecule has 0 aliphatic carbocycles. The van der Waals surface area contributed by atoms with E-state index in [0.29, 0.717) is 6.61 Å². The van der Waals surface area contributed by atoms with Gasteiger partial charge in [-0.25, -0.2) is 0 Å². The Morgan fingerprint density at radius 2 is 2.21 bits per heavy atom. The third kappa shape index (κ3) is 1.57. The first-order chi connectivity index (χ1) is 6.72. The average Bonchev–Trinajstić information content (AvgIpc) is 2.44. The van der Waals surface area contributed by atoms with Gasteiger partial charge in [0.15, 0.2) is 0 Å². The van der Waals surface area contributed by atoms with Crippen molar-refractivity contribution in [2.24, 2.45) is 7.05 Å². The number of benzene rings is 1. The smallest absolute Gasteiger partial charge is 0.0733 e. The highest BCUT2D eigenvalue weighted by atomic mass is 79.9. The summed E-state index contributed by atoms with van der Waals surface area (Å²) in [6.07, 6.45) is 2.11. The van der Waals surface area contributed by atoms with Crippen LogP contribution < -0.4 is 0 Å². The van der Waals surface area contributed by atoms with Gasteiger partial charge in [0.25, 0.3) is 0 Å². The molecule has 0 atom stereocenters. The molecule has 0 aliphatic heterocycles. The van der Waals surface area contributed by atoms with E-state index in [2.05, 4.69) is 51.9 Å². The lowest BCUT2D eigenvalue weighted by Gasteiger charge is -1.97. The summed E-state index contributed by atoms with van der Waals surface area (Å²) in [5.41, 5.74) is 2.46. The van der Waals surface area contributed by atoms with E-state index in [9.17, 15) is 0 Å². The number of hydrogen-bond donors (Lipinski definition) is 0. The molecule has 0 unspecified atom stereocenters. The van der Waals surface area contributed by atoms with Crippen molar-refractivity contribution in [2.75, 3.05) is 7.11 Å². The summed E-state index contributed by atoms with van der Waals surface area (Å²) in [7, 11) is 3.77. The van der Waals surface area contributed by atoms with Gasteiger partial charge in [-0.1, -0.05) is 15.9 Å². The van der Waals surface area contributed by atoms with Gasteiger partial charge in [0.2, 0.25) is 0 Å². The molecule has 1 aromatic carbocycles. The predicted octanol–water partition coefficient (Wildman–Crippen LogP) is 3.09. The molecule has 2 aromatic rings. The van der Waals surface area contributed by atoms with Gasteiger partial charge in [-0.2, -0.15) is 0 Å². The lowest BCUT2D eigenvalue weighted by molar-refractivity contribution is 0.186. The highest BCUT2D eigenvalue weighted by Gasteiger charge is 2.05. The number of fused-ring (bicyclic) bond motifs is 1. The molecule has 14 heavy (non-hydrogen) atoms. The lowest BCUT2D eigenvalue weighted by atomic mass is 10.2. The third-order valence-electron chi connectivity index (χ3n) is 2.33. The summed E-state index contributed by atoms with van der Waals surface area (Å²) in [5.74, 6) is 0. The number of aryl methyl sites for hydroxylation is 1. The molecule has 0 spiro atoms. The number of nitrogens with zero attached hydrogens (tertiary/aromatic N) is 1. The van der Waals surface area contributed by atoms with Crippen molar-refractivity contribution in [3.8, 4) is 0 Å². The van der Waals surface area contributed by atoms with Crippen LogP contribution in [0, 0.1) is 0 Å². The summed E-state index contributed by atoms with van der Waals surface area (Å²) in [4.78, 5) is 0. The highest BCUT2D eigenvalue weighted by Crippen LogP contribution is 2.24. The average molecular weight is 254 g/mol. The molecule has 2 rings (SSSR count). The van der Waals surface area contributed by atoms with Gasteiger partial charge in [-0.3, -0.25) is 0 Å². The van der Waals surface area contributed by atoms with Crippen LogP contribution in [0.1, 0.15) is 5.56 Å². The first-order valence-electron chi connectivity index (χ1n) is 4.45. The monoisotopic (exact) mass is 253 g/mol. The van der Waals surface area contributed by atoms with Gasteiger partial charge in [0, 0.05) is 41.3 Å².